The lowest BCUT2D eigenvalue weighted by Gasteiger charge is -2.15. The Labute approximate surface area is 143 Å². The standard InChI is InChI=1S/C16H20FN5O3/c1-8(6-12-9(2)22-25-10(12)3)19-16(24)20-11-4-5-13(17)14(7-11)21-15(18)23/h4-5,7-8H,6H2,1-3H3,(H3,18,21,23)(H2,19,20,24). The molecule has 0 radical (unpaired) electrons. The van der Waals surface area contributed by atoms with Crippen molar-refractivity contribution in [1.29, 1.82) is 0 Å². The minimum atomic E-state index is -0.895. The Morgan fingerprint density at radius 2 is 2.04 bits per heavy atom. The number of nitrogens with one attached hydrogen (secondary N) is 3. The summed E-state index contributed by atoms with van der Waals surface area (Å²) in [6.07, 6.45) is 0.562. The summed E-state index contributed by atoms with van der Waals surface area (Å²) in [6, 6.07) is 2.23. The van der Waals surface area contributed by atoms with Gasteiger partial charge in [0.2, 0.25) is 0 Å². The van der Waals surface area contributed by atoms with Crippen molar-refractivity contribution in [3.05, 3.63) is 41.0 Å². The van der Waals surface area contributed by atoms with Gasteiger partial charge in [0.25, 0.3) is 0 Å². The van der Waals surface area contributed by atoms with E-state index in [1.807, 2.05) is 20.8 Å². The monoisotopic (exact) mass is 349 g/mol. The molecule has 5 N–H and O–H groups in total. The van der Waals surface area contributed by atoms with E-state index in [0.717, 1.165) is 17.3 Å². The van der Waals surface area contributed by atoms with Gasteiger partial charge in [-0.3, -0.25) is 0 Å². The van der Waals surface area contributed by atoms with Gasteiger partial charge in [-0.2, -0.15) is 0 Å². The van der Waals surface area contributed by atoms with Crippen molar-refractivity contribution in [2.45, 2.75) is 33.2 Å². The minimum Gasteiger partial charge on any atom is -0.361 e. The zero-order chi connectivity index (χ0) is 18.6. The Kier molecular flexibility index (Phi) is 5.58. The van der Waals surface area contributed by atoms with Gasteiger partial charge in [0.15, 0.2) is 0 Å². The maximum absolute atomic E-state index is 13.6. The highest BCUT2D eigenvalue weighted by Crippen LogP contribution is 2.19. The highest BCUT2D eigenvalue weighted by Gasteiger charge is 2.15. The van der Waals surface area contributed by atoms with Crippen LogP contribution in [0, 0.1) is 19.7 Å². The average molecular weight is 349 g/mol. The number of urea groups is 2. The van der Waals surface area contributed by atoms with E-state index in [4.69, 9.17) is 10.3 Å². The van der Waals surface area contributed by atoms with Crippen molar-refractivity contribution in [1.82, 2.24) is 10.5 Å². The first-order valence-electron chi connectivity index (χ1n) is 7.61. The Morgan fingerprint density at radius 3 is 2.64 bits per heavy atom. The van der Waals surface area contributed by atoms with Crippen LogP contribution in [0.15, 0.2) is 22.7 Å². The number of hydrogen-bond acceptors (Lipinski definition) is 4. The van der Waals surface area contributed by atoms with Crippen molar-refractivity contribution in [3.63, 3.8) is 0 Å². The molecule has 1 unspecified atom stereocenters. The summed E-state index contributed by atoms with van der Waals surface area (Å²) in [4.78, 5) is 22.9. The first kappa shape index (κ1) is 18.2. The second-order valence-corrected chi connectivity index (χ2v) is 5.69. The summed E-state index contributed by atoms with van der Waals surface area (Å²) < 4.78 is 18.6. The summed E-state index contributed by atoms with van der Waals surface area (Å²) in [7, 11) is 0. The van der Waals surface area contributed by atoms with Gasteiger partial charge >= 0.3 is 12.1 Å². The van der Waals surface area contributed by atoms with Gasteiger partial charge in [-0.15, -0.1) is 0 Å². The summed E-state index contributed by atoms with van der Waals surface area (Å²) >= 11 is 0. The van der Waals surface area contributed by atoms with Crippen molar-refractivity contribution in [2.75, 3.05) is 10.6 Å². The molecule has 8 nitrogen and oxygen atoms in total. The molecule has 0 aliphatic rings. The molecule has 0 aliphatic heterocycles. The molecule has 0 saturated carbocycles. The van der Waals surface area contributed by atoms with Crippen LogP contribution >= 0.6 is 0 Å². The van der Waals surface area contributed by atoms with Crippen molar-refractivity contribution in [2.24, 2.45) is 5.73 Å². The number of primary amides is 1. The van der Waals surface area contributed by atoms with Crippen LogP contribution in [-0.4, -0.2) is 23.3 Å². The smallest absolute Gasteiger partial charge is 0.319 e. The van der Waals surface area contributed by atoms with Crippen LogP contribution in [0.25, 0.3) is 0 Å². The van der Waals surface area contributed by atoms with E-state index < -0.39 is 17.9 Å². The topological polar surface area (TPSA) is 122 Å². The van der Waals surface area contributed by atoms with E-state index in [1.54, 1.807) is 0 Å². The number of carbonyl (C=O) groups is 2. The number of benzene rings is 1. The fourth-order valence-electron chi connectivity index (χ4n) is 2.37. The molecule has 0 fully saturated rings. The van der Waals surface area contributed by atoms with Gasteiger partial charge in [-0.05, 0) is 45.4 Å². The summed E-state index contributed by atoms with van der Waals surface area (Å²) in [5, 5.41) is 11.4. The maximum atomic E-state index is 13.6. The predicted octanol–water partition coefficient (Wildman–Crippen LogP) is 2.67. The largest absolute Gasteiger partial charge is 0.361 e. The molecule has 1 aromatic heterocycles. The highest BCUT2D eigenvalue weighted by molar-refractivity contribution is 5.92. The van der Waals surface area contributed by atoms with E-state index in [0.29, 0.717) is 17.9 Å². The van der Waals surface area contributed by atoms with Crippen LogP contribution in [0.3, 0.4) is 0 Å². The van der Waals surface area contributed by atoms with Crippen molar-refractivity contribution in [3.8, 4) is 0 Å². The third-order valence-electron chi connectivity index (χ3n) is 3.55. The SMILES string of the molecule is Cc1noc(C)c1CC(C)NC(=O)Nc1ccc(F)c(NC(N)=O)c1. The fraction of sp³-hybridized carbons (Fsp3) is 0.312. The molecule has 0 saturated heterocycles. The van der Waals surface area contributed by atoms with Gasteiger partial charge in [-0.25, -0.2) is 14.0 Å². The van der Waals surface area contributed by atoms with E-state index >= 15 is 0 Å². The molecule has 1 atom stereocenters. The third kappa shape index (κ3) is 4.93. The number of halogens is 1. The zero-order valence-corrected chi connectivity index (χ0v) is 14.1. The number of nitrogens with zero attached hydrogens (tertiary/aromatic N) is 1. The normalized spacial score (nSPS) is 11.7. The Balaban J connectivity index is 1.96. The fourth-order valence-corrected chi connectivity index (χ4v) is 2.37. The van der Waals surface area contributed by atoms with Crippen molar-refractivity contribution < 1.29 is 18.5 Å². The minimum absolute atomic E-state index is 0.117. The lowest BCUT2D eigenvalue weighted by Crippen LogP contribution is -2.37. The van der Waals surface area contributed by atoms with Crippen LogP contribution in [-0.2, 0) is 6.42 Å². The summed E-state index contributed by atoms with van der Waals surface area (Å²) in [6.45, 7) is 5.49. The first-order valence-corrected chi connectivity index (χ1v) is 7.61. The molecule has 4 amide bonds. The average Bonchev–Trinajstić information content (AvgIpc) is 2.82. The lowest BCUT2D eigenvalue weighted by atomic mass is 10.1. The number of amides is 4. The van der Waals surface area contributed by atoms with Crippen molar-refractivity contribution >= 4 is 23.4 Å². The molecule has 2 rings (SSSR count). The number of nitrogens with two attached hydrogens (primary N) is 1. The molecular formula is C16H20FN5O3. The van der Waals surface area contributed by atoms with Crippen LogP contribution in [0.5, 0.6) is 0 Å². The van der Waals surface area contributed by atoms with Gasteiger partial charge in [0, 0.05) is 17.3 Å². The molecule has 0 bridgehead atoms. The second-order valence-electron chi connectivity index (χ2n) is 5.69. The molecule has 0 aliphatic carbocycles. The van der Waals surface area contributed by atoms with E-state index in [-0.39, 0.29) is 11.7 Å². The van der Waals surface area contributed by atoms with E-state index in [9.17, 15) is 14.0 Å². The Hall–Kier alpha value is -3.10. The summed E-state index contributed by atoms with van der Waals surface area (Å²) in [5.41, 5.74) is 6.90. The third-order valence-corrected chi connectivity index (χ3v) is 3.55. The molecule has 1 heterocycles. The van der Waals surface area contributed by atoms with Crippen LogP contribution in [0.4, 0.5) is 25.4 Å². The molecule has 1 aromatic carbocycles. The lowest BCUT2D eigenvalue weighted by molar-refractivity contribution is 0.249. The number of carbonyl (C=O) groups excluding carboxylic acids is 2. The number of aryl methyl sites for hydroxylation is 2. The van der Waals surface area contributed by atoms with E-state index in [1.165, 1.54) is 12.1 Å². The quantitative estimate of drug-likeness (QED) is 0.663. The van der Waals surface area contributed by atoms with Crippen LogP contribution in [0.2, 0.25) is 0 Å². The number of anilines is 2. The second kappa shape index (κ2) is 7.65. The van der Waals surface area contributed by atoms with Gasteiger partial charge in [-0.1, -0.05) is 5.16 Å². The highest BCUT2D eigenvalue weighted by atomic mass is 19.1. The first-order chi connectivity index (χ1) is 11.8. The number of rotatable bonds is 5. The van der Waals surface area contributed by atoms with Crippen LogP contribution < -0.4 is 21.7 Å². The molecule has 134 valence electrons. The maximum Gasteiger partial charge on any atom is 0.319 e. The Morgan fingerprint density at radius 1 is 1.32 bits per heavy atom. The van der Waals surface area contributed by atoms with Gasteiger partial charge < -0.3 is 26.2 Å². The van der Waals surface area contributed by atoms with E-state index in [2.05, 4.69) is 21.1 Å². The van der Waals surface area contributed by atoms with Gasteiger partial charge in [0.1, 0.15) is 11.6 Å². The van der Waals surface area contributed by atoms with Crippen LogP contribution in [0.1, 0.15) is 23.9 Å². The molecule has 9 heteroatoms. The molecular weight excluding hydrogens is 329 g/mol. The number of aromatic nitrogens is 1. The molecule has 0 spiro atoms. The Bertz CT molecular complexity index is 771. The molecule has 2 aromatic rings. The molecule has 25 heavy (non-hydrogen) atoms. The van der Waals surface area contributed by atoms with Gasteiger partial charge in [0.05, 0.1) is 11.4 Å². The summed E-state index contributed by atoms with van der Waals surface area (Å²) in [5.74, 6) is 0.0591. The predicted molar refractivity (Wildman–Crippen MR) is 90.9 cm³/mol. The number of hydrogen-bond donors (Lipinski definition) is 4. The zero-order valence-electron chi connectivity index (χ0n) is 14.1.